The quantitative estimate of drug-likeness (QED) is 0.528. The molecule has 0 atom stereocenters. The molecule has 0 aliphatic carbocycles. The second kappa shape index (κ2) is 4.66. The van der Waals surface area contributed by atoms with Gasteiger partial charge in [-0.1, -0.05) is 0 Å². The molecule has 0 bridgehead atoms. The Morgan fingerprint density at radius 1 is 1.50 bits per heavy atom. The van der Waals surface area contributed by atoms with E-state index < -0.39 is 0 Å². The number of carbonyl (C=O) groups excluding carboxylic acids is 1. The summed E-state index contributed by atoms with van der Waals surface area (Å²) in [5, 5.41) is 0. The predicted molar refractivity (Wildman–Crippen MR) is 57.4 cm³/mol. The summed E-state index contributed by atoms with van der Waals surface area (Å²) in [6.45, 7) is 6.69. The highest BCUT2D eigenvalue weighted by molar-refractivity contribution is 5.77. The van der Waals surface area contributed by atoms with Gasteiger partial charge in [0.1, 0.15) is 0 Å². The fourth-order valence-corrected chi connectivity index (χ4v) is 1.58. The third-order valence-electron chi connectivity index (χ3n) is 2.38. The van der Waals surface area contributed by atoms with E-state index in [2.05, 4.69) is 16.4 Å². The van der Waals surface area contributed by atoms with E-state index in [9.17, 15) is 4.79 Å². The second-order valence-electron chi connectivity index (χ2n) is 3.27. The van der Waals surface area contributed by atoms with Gasteiger partial charge in [0.15, 0.2) is 6.29 Å². The number of rotatable bonds is 3. The first-order valence-electron chi connectivity index (χ1n) is 4.72. The van der Waals surface area contributed by atoms with E-state index in [4.69, 9.17) is 0 Å². The Morgan fingerprint density at radius 2 is 2.21 bits per heavy atom. The SMILES string of the molecule is CC#CCCn1c(C)cc(C=O)c1C. The van der Waals surface area contributed by atoms with E-state index in [0.29, 0.717) is 0 Å². The highest BCUT2D eigenvalue weighted by Crippen LogP contribution is 2.13. The summed E-state index contributed by atoms with van der Waals surface area (Å²) in [5.74, 6) is 5.88. The summed E-state index contributed by atoms with van der Waals surface area (Å²) in [5.41, 5.74) is 2.95. The van der Waals surface area contributed by atoms with Crippen molar-refractivity contribution in [3.05, 3.63) is 23.0 Å². The lowest BCUT2D eigenvalue weighted by Crippen LogP contribution is -2.02. The van der Waals surface area contributed by atoms with Gasteiger partial charge in [0.2, 0.25) is 0 Å². The van der Waals surface area contributed by atoms with Crippen molar-refractivity contribution in [2.45, 2.75) is 33.7 Å². The van der Waals surface area contributed by atoms with E-state index in [1.165, 1.54) is 0 Å². The lowest BCUT2D eigenvalue weighted by molar-refractivity contribution is 0.112. The molecule has 0 radical (unpaired) electrons. The highest BCUT2D eigenvalue weighted by atomic mass is 16.1. The van der Waals surface area contributed by atoms with Crippen LogP contribution in [0, 0.1) is 25.7 Å². The molecule has 1 aromatic rings. The lowest BCUT2D eigenvalue weighted by Gasteiger charge is -2.06. The van der Waals surface area contributed by atoms with Crippen LogP contribution in [-0.4, -0.2) is 10.9 Å². The average molecular weight is 189 g/mol. The summed E-state index contributed by atoms with van der Waals surface area (Å²) in [6.07, 6.45) is 1.75. The van der Waals surface area contributed by atoms with E-state index in [1.54, 1.807) is 0 Å². The average Bonchev–Trinajstić information content (AvgIpc) is 2.45. The summed E-state index contributed by atoms with van der Waals surface area (Å²) in [6, 6.07) is 1.92. The van der Waals surface area contributed by atoms with Crippen molar-refractivity contribution in [1.82, 2.24) is 4.57 Å². The summed E-state index contributed by atoms with van der Waals surface area (Å²) in [7, 11) is 0. The number of hydrogen-bond acceptors (Lipinski definition) is 1. The van der Waals surface area contributed by atoms with Gasteiger partial charge in [0.25, 0.3) is 0 Å². The smallest absolute Gasteiger partial charge is 0.151 e. The standard InChI is InChI=1S/C12H15NO/c1-4-5-6-7-13-10(2)8-12(9-14)11(13)3/h8-9H,6-7H2,1-3H3. The molecule has 0 spiro atoms. The monoisotopic (exact) mass is 189 g/mol. The maximum Gasteiger partial charge on any atom is 0.151 e. The van der Waals surface area contributed by atoms with Gasteiger partial charge in [-0.3, -0.25) is 4.79 Å². The lowest BCUT2D eigenvalue weighted by atomic mass is 10.3. The molecule has 1 heterocycles. The number of nitrogens with zero attached hydrogens (tertiary/aromatic N) is 1. The number of carbonyl (C=O) groups is 1. The summed E-state index contributed by atoms with van der Waals surface area (Å²) < 4.78 is 2.13. The molecule has 2 heteroatoms. The van der Waals surface area contributed by atoms with Crippen LogP contribution in [0.2, 0.25) is 0 Å². The zero-order valence-electron chi connectivity index (χ0n) is 8.92. The predicted octanol–water partition coefficient (Wildman–Crippen LogP) is 2.33. The van der Waals surface area contributed by atoms with Crippen LogP contribution >= 0.6 is 0 Å². The van der Waals surface area contributed by atoms with Gasteiger partial charge in [-0.25, -0.2) is 0 Å². The molecule has 0 unspecified atom stereocenters. The number of hydrogen-bond donors (Lipinski definition) is 0. The van der Waals surface area contributed by atoms with Crippen LogP contribution in [0.4, 0.5) is 0 Å². The maximum absolute atomic E-state index is 10.7. The van der Waals surface area contributed by atoms with Gasteiger partial charge in [-0.2, -0.15) is 0 Å². The van der Waals surface area contributed by atoms with Crippen molar-refractivity contribution in [3.8, 4) is 11.8 Å². The van der Waals surface area contributed by atoms with Gasteiger partial charge in [-0.05, 0) is 26.8 Å². The van der Waals surface area contributed by atoms with Gasteiger partial charge in [-0.15, -0.1) is 11.8 Å². The van der Waals surface area contributed by atoms with E-state index >= 15 is 0 Å². The number of aromatic nitrogens is 1. The van der Waals surface area contributed by atoms with Gasteiger partial charge in [0, 0.05) is 29.9 Å². The fourth-order valence-electron chi connectivity index (χ4n) is 1.58. The minimum absolute atomic E-state index is 0.784. The Kier molecular flexibility index (Phi) is 3.53. The van der Waals surface area contributed by atoms with Crippen molar-refractivity contribution in [2.75, 3.05) is 0 Å². The molecular formula is C12H15NO. The summed E-state index contributed by atoms with van der Waals surface area (Å²) >= 11 is 0. The Balaban J connectivity index is 2.88. The Bertz CT molecular complexity index is 390. The van der Waals surface area contributed by atoms with E-state index in [0.717, 1.165) is 36.2 Å². The Morgan fingerprint density at radius 3 is 2.71 bits per heavy atom. The molecule has 0 saturated heterocycles. The molecule has 1 aromatic heterocycles. The normalized spacial score (nSPS) is 9.36. The molecule has 0 aromatic carbocycles. The van der Waals surface area contributed by atoms with Crippen LogP contribution in [0.25, 0.3) is 0 Å². The van der Waals surface area contributed by atoms with Gasteiger partial charge < -0.3 is 4.57 Å². The molecule has 2 nitrogen and oxygen atoms in total. The highest BCUT2D eigenvalue weighted by Gasteiger charge is 2.06. The van der Waals surface area contributed by atoms with Crippen molar-refractivity contribution in [1.29, 1.82) is 0 Å². The molecule has 0 saturated carbocycles. The minimum atomic E-state index is 0.784. The van der Waals surface area contributed by atoms with Crippen molar-refractivity contribution in [3.63, 3.8) is 0 Å². The van der Waals surface area contributed by atoms with Crippen LogP contribution in [0.1, 0.15) is 35.1 Å². The Labute approximate surface area is 84.9 Å². The zero-order chi connectivity index (χ0) is 10.6. The van der Waals surface area contributed by atoms with Crippen LogP contribution in [0.5, 0.6) is 0 Å². The molecule has 14 heavy (non-hydrogen) atoms. The molecule has 74 valence electrons. The summed E-state index contributed by atoms with van der Waals surface area (Å²) in [4.78, 5) is 10.7. The van der Waals surface area contributed by atoms with E-state index in [1.807, 2.05) is 26.8 Å². The van der Waals surface area contributed by atoms with Crippen molar-refractivity contribution in [2.24, 2.45) is 0 Å². The van der Waals surface area contributed by atoms with E-state index in [-0.39, 0.29) is 0 Å². The van der Waals surface area contributed by atoms with Crippen LogP contribution in [0.15, 0.2) is 6.07 Å². The second-order valence-corrected chi connectivity index (χ2v) is 3.27. The van der Waals surface area contributed by atoms with Crippen molar-refractivity contribution < 1.29 is 4.79 Å². The van der Waals surface area contributed by atoms with Gasteiger partial charge >= 0.3 is 0 Å². The fraction of sp³-hybridized carbons (Fsp3) is 0.417. The molecular weight excluding hydrogens is 174 g/mol. The Hall–Kier alpha value is -1.49. The number of aldehydes is 1. The number of aryl methyl sites for hydroxylation is 1. The molecule has 0 aliphatic heterocycles. The van der Waals surface area contributed by atoms with Crippen molar-refractivity contribution >= 4 is 6.29 Å². The van der Waals surface area contributed by atoms with Gasteiger partial charge in [0.05, 0.1) is 0 Å². The van der Waals surface area contributed by atoms with Crippen LogP contribution < -0.4 is 0 Å². The third-order valence-corrected chi connectivity index (χ3v) is 2.38. The maximum atomic E-state index is 10.7. The topological polar surface area (TPSA) is 22.0 Å². The third kappa shape index (κ3) is 2.05. The first-order chi connectivity index (χ1) is 6.70. The van der Waals surface area contributed by atoms with Crippen LogP contribution in [0.3, 0.4) is 0 Å². The first kappa shape index (κ1) is 10.6. The molecule has 1 rings (SSSR count). The molecule has 0 aliphatic rings. The first-order valence-corrected chi connectivity index (χ1v) is 4.72. The minimum Gasteiger partial charge on any atom is -0.347 e. The largest absolute Gasteiger partial charge is 0.347 e. The van der Waals surface area contributed by atoms with Crippen LogP contribution in [-0.2, 0) is 6.54 Å². The zero-order valence-corrected chi connectivity index (χ0v) is 8.92. The molecule has 0 N–H and O–H groups in total. The molecule has 0 fully saturated rings. The molecule has 0 amide bonds.